The number of piperidine rings is 1. The Bertz CT molecular complexity index is 1110. The molecular formula is C25H25BrN2O4S. The molecule has 0 N–H and O–H groups in total. The van der Waals surface area contributed by atoms with Crippen molar-refractivity contribution < 1.29 is 19.1 Å². The van der Waals surface area contributed by atoms with Gasteiger partial charge in [-0.25, -0.2) is 0 Å². The number of nitrogens with zero attached hydrogens (tertiary/aromatic N) is 2. The summed E-state index contributed by atoms with van der Waals surface area (Å²) < 4.78 is 6.67. The van der Waals surface area contributed by atoms with E-state index >= 15 is 0 Å². The van der Waals surface area contributed by atoms with E-state index in [1.165, 1.54) is 5.56 Å². The zero-order valence-electron chi connectivity index (χ0n) is 18.4. The first-order chi connectivity index (χ1) is 15.9. The molecule has 2 aromatic rings. The predicted octanol–water partition coefficient (Wildman–Crippen LogP) is 5.39. The van der Waals surface area contributed by atoms with Crippen molar-refractivity contribution in [3.63, 3.8) is 0 Å². The van der Waals surface area contributed by atoms with Gasteiger partial charge in [-0.15, -0.1) is 0 Å². The highest BCUT2D eigenvalue weighted by molar-refractivity contribution is 9.10. The Hall–Kier alpha value is -2.58. The average Bonchev–Trinajstić information content (AvgIpc) is 3.06. The maximum absolute atomic E-state index is 12.8. The number of carbonyl (C=O) groups excluding carboxylic acids is 3. The van der Waals surface area contributed by atoms with Crippen LogP contribution in [-0.4, -0.2) is 46.5 Å². The predicted molar refractivity (Wildman–Crippen MR) is 133 cm³/mol. The molecule has 6 nitrogen and oxygen atoms in total. The summed E-state index contributed by atoms with van der Waals surface area (Å²) in [6.45, 7) is 3.68. The van der Waals surface area contributed by atoms with Crippen molar-refractivity contribution in [2.45, 2.75) is 32.8 Å². The van der Waals surface area contributed by atoms with Gasteiger partial charge in [0.1, 0.15) is 18.9 Å². The molecule has 4 rings (SSSR count). The van der Waals surface area contributed by atoms with Crippen LogP contribution in [-0.2, 0) is 16.2 Å². The van der Waals surface area contributed by atoms with Gasteiger partial charge in [-0.3, -0.25) is 19.3 Å². The van der Waals surface area contributed by atoms with E-state index in [2.05, 4.69) is 22.0 Å². The van der Waals surface area contributed by atoms with Crippen LogP contribution >= 0.6 is 27.7 Å². The van der Waals surface area contributed by atoms with Gasteiger partial charge in [0.15, 0.2) is 0 Å². The van der Waals surface area contributed by atoms with Gasteiger partial charge in [0, 0.05) is 13.1 Å². The number of ether oxygens (including phenoxy) is 1. The number of carbonyl (C=O) groups is 3. The Morgan fingerprint density at radius 1 is 1.12 bits per heavy atom. The number of aryl methyl sites for hydroxylation is 1. The van der Waals surface area contributed by atoms with E-state index in [1.54, 1.807) is 11.0 Å². The number of rotatable bonds is 6. The minimum Gasteiger partial charge on any atom is -0.488 e. The monoisotopic (exact) mass is 528 g/mol. The van der Waals surface area contributed by atoms with E-state index in [0.717, 1.165) is 51.5 Å². The van der Waals surface area contributed by atoms with Crippen molar-refractivity contribution >= 4 is 50.8 Å². The Kier molecular flexibility index (Phi) is 7.55. The van der Waals surface area contributed by atoms with Crippen molar-refractivity contribution in [1.29, 1.82) is 0 Å². The highest BCUT2D eigenvalue weighted by Crippen LogP contribution is 2.34. The molecule has 172 valence electrons. The summed E-state index contributed by atoms with van der Waals surface area (Å²) in [5.41, 5.74) is 3.02. The fourth-order valence-corrected chi connectivity index (χ4v) is 5.20. The van der Waals surface area contributed by atoms with Crippen LogP contribution in [0.25, 0.3) is 6.08 Å². The molecule has 3 amide bonds. The molecule has 0 saturated carbocycles. The molecule has 2 saturated heterocycles. The van der Waals surface area contributed by atoms with Gasteiger partial charge in [0.2, 0.25) is 5.91 Å². The molecule has 2 aliphatic heterocycles. The van der Waals surface area contributed by atoms with Crippen LogP contribution in [0, 0.1) is 6.92 Å². The normalized spacial score (nSPS) is 17.7. The van der Waals surface area contributed by atoms with Crippen LogP contribution in [0.3, 0.4) is 0 Å². The highest BCUT2D eigenvalue weighted by atomic mass is 79.9. The number of imide groups is 1. The second kappa shape index (κ2) is 10.6. The summed E-state index contributed by atoms with van der Waals surface area (Å²) in [7, 11) is 0. The first-order valence-electron chi connectivity index (χ1n) is 10.9. The molecule has 0 aromatic heterocycles. The molecule has 2 aliphatic rings. The number of hydrogen-bond acceptors (Lipinski definition) is 5. The van der Waals surface area contributed by atoms with E-state index in [-0.39, 0.29) is 12.5 Å². The van der Waals surface area contributed by atoms with Gasteiger partial charge in [0.25, 0.3) is 11.1 Å². The zero-order valence-corrected chi connectivity index (χ0v) is 20.8. The molecule has 33 heavy (non-hydrogen) atoms. The number of amides is 3. The van der Waals surface area contributed by atoms with Crippen LogP contribution in [0.2, 0.25) is 0 Å². The zero-order chi connectivity index (χ0) is 23.4. The Morgan fingerprint density at radius 3 is 2.64 bits per heavy atom. The van der Waals surface area contributed by atoms with Gasteiger partial charge < -0.3 is 9.64 Å². The molecule has 0 atom stereocenters. The van der Waals surface area contributed by atoms with Crippen molar-refractivity contribution in [3.8, 4) is 5.75 Å². The number of thioether (sulfide) groups is 1. The lowest BCUT2D eigenvalue weighted by Gasteiger charge is -2.27. The van der Waals surface area contributed by atoms with Gasteiger partial charge in [-0.2, -0.15) is 0 Å². The second-order valence-corrected chi connectivity index (χ2v) is 10.0. The molecule has 0 unspecified atom stereocenters. The summed E-state index contributed by atoms with van der Waals surface area (Å²) in [5.74, 6) is 0.0938. The van der Waals surface area contributed by atoms with Crippen LogP contribution in [0.5, 0.6) is 5.75 Å². The number of halogens is 1. The maximum atomic E-state index is 12.8. The van der Waals surface area contributed by atoms with Gasteiger partial charge >= 0.3 is 0 Å². The summed E-state index contributed by atoms with van der Waals surface area (Å²) in [4.78, 5) is 40.8. The van der Waals surface area contributed by atoms with Crippen LogP contribution in [0.4, 0.5) is 4.79 Å². The van der Waals surface area contributed by atoms with E-state index < -0.39 is 11.1 Å². The topological polar surface area (TPSA) is 66.9 Å². The second-order valence-electron chi connectivity index (χ2n) is 8.18. The Labute approximate surface area is 206 Å². The summed E-state index contributed by atoms with van der Waals surface area (Å²) in [6, 6.07) is 13.6. The number of benzene rings is 2. The standard InChI is InChI=1S/C25H25BrN2O4S/c1-17-6-5-7-19(12-17)16-32-21-9-8-18(13-20(21)26)14-22-24(30)28(25(31)33-22)15-23(29)27-10-3-2-4-11-27/h5-9,12-14H,2-4,10-11,15-16H2,1H3/b22-14-. The summed E-state index contributed by atoms with van der Waals surface area (Å²) in [5, 5.41) is -0.409. The Balaban J connectivity index is 1.40. The highest BCUT2D eigenvalue weighted by Gasteiger charge is 2.37. The minimum atomic E-state index is -0.425. The smallest absolute Gasteiger partial charge is 0.294 e. The van der Waals surface area contributed by atoms with E-state index in [9.17, 15) is 14.4 Å². The summed E-state index contributed by atoms with van der Waals surface area (Å²) in [6.07, 6.45) is 4.71. The fraction of sp³-hybridized carbons (Fsp3) is 0.320. The average molecular weight is 529 g/mol. The van der Waals surface area contributed by atoms with Gasteiger partial charge in [-0.1, -0.05) is 35.9 Å². The molecule has 0 bridgehead atoms. The van der Waals surface area contributed by atoms with Crippen LogP contribution < -0.4 is 4.74 Å². The first-order valence-corrected chi connectivity index (χ1v) is 12.5. The quantitative estimate of drug-likeness (QED) is 0.470. The van der Waals surface area contributed by atoms with Crippen molar-refractivity contribution in [1.82, 2.24) is 9.80 Å². The lowest BCUT2D eigenvalue weighted by molar-refractivity contribution is -0.136. The number of hydrogen-bond donors (Lipinski definition) is 0. The van der Waals surface area contributed by atoms with E-state index in [1.807, 2.05) is 43.3 Å². The lowest BCUT2D eigenvalue weighted by Crippen LogP contribution is -2.44. The van der Waals surface area contributed by atoms with Crippen LogP contribution in [0.15, 0.2) is 51.8 Å². The third kappa shape index (κ3) is 5.86. The number of likely N-dealkylation sites (tertiary alicyclic amines) is 1. The largest absolute Gasteiger partial charge is 0.488 e. The summed E-state index contributed by atoms with van der Waals surface area (Å²) >= 11 is 4.39. The van der Waals surface area contributed by atoms with Crippen molar-refractivity contribution in [3.05, 3.63) is 68.5 Å². The Morgan fingerprint density at radius 2 is 1.91 bits per heavy atom. The van der Waals surface area contributed by atoms with Gasteiger partial charge in [-0.05, 0) is 83.2 Å². The molecule has 2 aromatic carbocycles. The molecule has 2 fully saturated rings. The van der Waals surface area contributed by atoms with Crippen molar-refractivity contribution in [2.24, 2.45) is 0 Å². The SMILES string of the molecule is Cc1cccc(COc2ccc(/C=C3\SC(=O)N(CC(=O)N4CCCCC4)C3=O)cc2Br)c1. The fourth-order valence-electron chi connectivity index (χ4n) is 3.85. The van der Waals surface area contributed by atoms with E-state index in [0.29, 0.717) is 30.4 Å². The molecule has 2 heterocycles. The molecule has 0 spiro atoms. The van der Waals surface area contributed by atoms with E-state index in [4.69, 9.17) is 4.74 Å². The van der Waals surface area contributed by atoms with Gasteiger partial charge in [0.05, 0.1) is 9.38 Å². The third-order valence-electron chi connectivity index (χ3n) is 5.61. The molecular weight excluding hydrogens is 504 g/mol. The third-order valence-corrected chi connectivity index (χ3v) is 7.13. The molecule has 0 aliphatic carbocycles. The van der Waals surface area contributed by atoms with Crippen LogP contribution in [0.1, 0.15) is 36.0 Å². The lowest BCUT2D eigenvalue weighted by atomic mass is 10.1. The first kappa shape index (κ1) is 23.6. The molecule has 0 radical (unpaired) electrons. The molecule has 8 heteroatoms. The van der Waals surface area contributed by atoms with Crippen molar-refractivity contribution in [2.75, 3.05) is 19.6 Å². The minimum absolute atomic E-state index is 0.170. The maximum Gasteiger partial charge on any atom is 0.294 e.